The number of ether oxygens (including phenoxy) is 2. The molecule has 1 amide bonds. The molecule has 0 saturated carbocycles. The zero-order valence-corrected chi connectivity index (χ0v) is 11.6. The summed E-state index contributed by atoms with van der Waals surface area (Å²) in [4.78, 5) is 11.6. The van der Waals surface area contributed by atoms with Gasteiger partial charge in [-0.15, -0.1) is 0 Å². The van der Waals surface area contributed by atoms with Crippen LogP contribution in [0.2, 0.25) is 0 Å². The van der Waals surface area contributed by atoms with Crippen molar-refractivity contribution < 1.29 is 19.4 Å². The smallest absolute Gasteiger partial charge is 0.220 e. The summed E-state index contributed by atoms with van der Waals surface area (Å²) < 4.78 is 10.4. The van der Waals surface area contributed by atoms with Crippen LogP contribution < -0.4 is 14.8 Å². The molecule has 0 aliphatic carbocycles. The molecule has 2 N–H and O–H groups in total. The molecule has 0 saturated heterocycles. The predicted molar refractivity (Wildman–Crippen MR) is 72.6 cm³/mol. The minimum absolute atomic E-state index is 0.0919. The first-order valence-electron chi connectivity index (χ1n) is 6.22. The second kappa shape index (κ2) is 7.63. The van der Waals surface area contributed by atoms with Crippen LogP contribution in [0.5, 0.6) is 11.5 Å². The van der Waals surface area contributed by atoms with Gasteiger partial charge in [0.2, 0.25) is 5.91 Å². The Hall–Kier alpha value is -1.75. The second-order valence-corrected chi connectivity index (χ2v) is 4.33. The Labute approximate surface area is 113 Å². The number of hydrogen-bond acceptors (Lipinski definition) is 4. The number of amides is 1. The first-order chi connectivity index (χ1) is 9.06. The lowest BCUT2D eigenvalue weighted by molar-refractivity contribution is -0.121. The molecule has 106 valence electrons. The number of benzene rings is 1. The van der Waals surface area contributed by atoms with Gasteiger partial charge in [-0.05, 0) is 37.1 Å². The van der Waals surface area contributed by atoms with Crippen LogP contribution >= 0.6 is 0 Å². The summed E-state index contributed by atoms with van der Waals surface area (Å²) in [7, 11) is 3.19. The number of methoxy groups -OCH3 is 2. The molecule has 1 unspecified atom stereocenters. The van der Waals surface area contributed by atoms with Crippen molar-refractivity contribution in [1.82, 2.24) is 5.32 Å². The molecule has 5 heteroatoms. The van der Waals surface area contributed by atoms with E-state index >= 15 is 0 Å². The molecule has 0 bridgehead atoms. The van der Waals surface area contributed by atoms with E-state index in [9.17, 15) is 4.79 Å². The summed E-state index contributed by atoms with van der Waals surface area (Å²) in [6, 6.07) is 5.50. The number of nitrogens with one attached hydrogen (secondary N) is 1. The van der Waals surface area contributed by atoms with Crippen molar-refractivity contribution in [2.45, 2.75) is 25.9 Å². The number of aryl methyl sites for hydroxylation is 1. The Kier molecular flexibility index (Phi) is 6.15. The third kappa shape index (κ3) is 5.18. The van der Waals surface area contributed by atoms with Crippen LogP contribution in [-0.2, 0) is 11.2 Å². The van der Waals surface area contributed by atoms with E-state index in [1.807, 2.05) is 18.2 Å². The fraction of sp³-hybridized carbons (Fsp3) is 0.500. The quantitative estimate of drug-likeness (QED) is 0.777. The van der Waals surface area contributed by atoms with Crippen molar-refractivity contribution in [3.05, 3.63) is 23.8 Å². The van der Waals surface area contributed by atoms with Crippen LogP contribution in [0.25, 0.3) is 0 Å². The van der Waals surface area contributed by atoms with E-state index in [-0.39, 0.29) is 12.5 Å². The maximum atomic E-state index is 11.6. The molecule has 0 radical (unpaired) electrons. The number of aliphatic hydroxyl groups is 1. The summed E-state index contributed by atoms with van der Waals surface area (Å²) in [5.74, 6) is 1.38. The molecule has 1 atom stereocenters. The zero-order chi connectivity index (χ0) is 14.3. The summed E-state index contributed by atoms with van der Waals surface area (Å²) in [6.07, 6.45) is 0.373. The average Bonchev–Trinajstić information content (AvgIpc) is 2.42. The van der Waals surface area contributed by atoms with Crippen LogP contribution in [-0.4, -0.2) is 37.9 Å². The normalized spacial score (nSPS) is 11.8. The van der Waals surface area contributed by atoms with Crippen LogP contribution in [0.3, 0.4) is 0 Å². The molecule has 1 rings (SSSR count). The SMILES string of the molecule is COc1ccc(OC)c(CCC(=O)NCC(C)O)c1. The van der Waals surface area contributed by atoms with Crippen molar-refractivity contribution >= 4 is 5.91 Å². The summed E-state index contributed by atoms with van der Waals surface area (Å²) >= 11 is 0. The van der Waals surface area contributed by atoms with Crippen LogP contribution in [0.1, 0.15) is 18.9 Å². The van der Waals surface area contributed by atoms with Gasteiger partial charge >= 0.3 is 0 Å². The van der Waals surface area contributed by atoms with E-state index in [1.54, 1.807) is 21.1 Å². The molecule has 0 aromatic heterocycles. The number of carbonyl (C=O) groups is 1. The average molecular weight is 267 g/mol. The molecule has 1 aromatic carbocycles. The highest BCUT2D eigenvalue weighted by Crippen LogP contribution is 2.24. The standard InChI is InChI=1S/C14H21NO4/c1-10(16)9-15-14(17)7-4-11-8-12(18-2)5-6-13(11)19-3/h5-6,8,10,16H,4,7,9H2,1-3H3,(H,15,17). The van der Waals surface area contributed by atoms with Gasteiger partial charge in [0.05, 0.1) is 20.3 Å². The Morgan fingerprint density at radius 2 is 2.11 bits per heavy atom. The molecule has 0 fully saturated rings. The Bertz CT molecular complexity index is 418. The Balaban J connectivity index is 2.58. The van der Waals surface area contributed by atoms with E-state index in [2.05, 4.69) is 5.32 Å². The van der Waals surface area contributed by atoms with Gasteiger partial charge in [0.1, 0.15) is 11.5 Å². The highest BCUT2D eigenvalue weighted by atomic mass is 16.5. The van der Waals surface area contributed by atoms with Crippen molar-refractivity contribution in [1.29, 1.82) is 0 Å². The molecular weight excluding hydrogens is 246 g/mol. The van der Waals surface area contributed by atoms with Crippen LogP contribution in [0, 0.1) is 0 Å². The third-order valence-corrected chi connectivity index (χ3v) is 2.70. The minimum atomic E-state index is -0.532. The molecule has 0 aliphatic heterocycles. The van der Waals surface area contributed by atoms with Gasteiger partial charge in [0, 0.05) is 13.0 Å². The lowest BCUT2D eigenvalue weighted by atomic mass is 10.1. The predicted octanol–water partition coefficient (Wildman–Crippen LogP) is 1.13. The minimum Gasteiger partial charge on any atom is -0.497 e. The van der Waals surface area contributed by atoms with Crippen molar-refractivity contribution in [3.8, 4) is 11.5 Å². The molecule has 19 heavy (non-hydrogen) atoms. The topological polar surface area (TPSA) is 67.8 Å². The van der Waals surface area contributed by atoms with Crippen LogP contribution in [0.15, 0.2) is 18.2 Å². The Morgan fingerprint density at radius 1 is 1.37 bits per heavy atom. The van der Waals surface area contributed by atoms with Gasteiger partial charge in [-0.3, -0.25) is 4.79 Å². The van der Waals surface area contributed by atoms with E-state index in [4.69, 9.17) is 14.6 Å². The van der Waals surface area contributed by atoms with E-state index in [0.29, 0.717) is 12.8 Å². The summed E-state index contributed by atoms with van der Waals surface area (Å²) in [5.41, 5.74) is 0.925. The van der Waals surface area contributed by atoms with E-state index < -0.39 is 6.10 Å². The molecular formula is C14H21NO4. The third-order valence-electron chi connectivity index (χ3n) is 2.70. The fourth-order valence-electron chi connectivity index (χ4n) is 1.68. The second-order valence-electron chi connectivity index (χ2n) is 4.33. The highest BCUT2D eigenvalue weighted by molar-refractivity contribution is 5.76. The van der Waals surface area contributed by atoms with Crippen molar-refractivity contribution in [2.75, 3.05) is 20.8 Å². The Morgan fingerprint density at radius 3 is 2.68 bits per heavy atom. The number of hydrogen-bond donors (Lipinski definition) is 2. The molecule has 0 aliphatic rings. The largest absolute Gasteiger partial charge is 0.497 e. The van der Waals surface area contributed by atoms with Gasteiger partial charge in [-0.2, -0.15) is 0 Å². The van der Waals surface area contributed by atoms with Crippen LogP contribution in [0.4, 0.5) is 0 Å². The molecule has 0 spiro atoms. The van der Waals surface area contributed by atoms with E-state index in [1.165, 1.54) is 0 Å². The lowest BCUT2D eigenvalue weighted by Crippen LogP contribution is -2.30. The zero-order valence-electron chi connectivity index (χ0n) is 11.6. The summed E-state index contributed by atoms with van der Waals surface area (Å²) in [5, 5.41) is 11.7. The first kappa shape index (κ1) is 15.3. The van der Waals surface area contributed by atoms with E-state index in [0.717, 1.165) is 17.1 Å². The van der Waals surface area contributed by atoms with Gasteiger partial charge in [-0.25, -0.2) is 0 Å². The molecule has 1 aromatic rings. The maximum Gasteiger partial charge on any atom is 0.220 e. The monoisotopic (exact) mass is 267 g/mol. The number of rotatable bonds is 7. The van der Waals surface area contributed by atoms with Gasteiger partial charge in [0.25, 0.3) is 0 Å². The van der Waals surface area contributed by atoms with Gasteiger partial charge in [-0.1, -0.05) is 0 Å². The van der Waals surface area contributed by atoms with Gasteiger partial charge < -0.3 is 19.9 Å². The maximum absolute atomic E-state index is 11.6. The molecule has 5 nitrogen and oxygen atoms in total. The van der Waals surface area contributed by atoms with Crippen molar-refractivity contribution in [3.63, 3.8) is 0 Å². The fourth-order valence-corrected chi connectivity index (χ4v) is 1.68. The number of aliphatic hydroxyl groups excluding tert-OH is 1. The summed E-state index contributed by atoms with van der Waals surface area (Å²) in [6.45, 7) is 1.90. The first-order valence-corrected chi connectivity index (χ1v) is 6.22. The highest BCUT2D eigenvalue weighted by Gasteiger charge is 2.08. The molecule has 0 heterocycles. The van der Waals surface area contributed by atoms with Gasteiger partial charge in [0.15, 0.2) is 0 Å². The van der Waals surface area contributed by atoms with Crippen molar-refractivity contribution in [2.24, 2.45) is 0 Å². The lowest BCUT2D eigenvalue weighted by Gasteiger charge is -2.11. The number of carbonyl (C=O) groups excluding carboxylic acids is 1.